The average Bonchev–Trinajstić information content (AvgIpc) is 3.32. The van der Waals surface area contributed by atoms with Crippen molar-refractivity contribution in [1.82, 2.24) is 19.4 Å². The van der Waals surface area contributed by atoms with Crippen molar-refractivity contribution >= 4 is 5.91 Å². The molecule has 2 heterocycles. The average molecular weight is 336 g/mol. The first-order valence-corrected chi connectivity index (χ1v) is 8.20. The molecule has 1 aliphatic rings. The minimum atomic E-state index is -0.285. The first kappa shape index (κ1) is 15.5. The molecule has 1 aromatic carbocycles. The van der Waals surface area contributed by atoms with Gasteiger partial charge >= 0.3 is 0 Å². The van der Waals surface area contributed by atoms with Crippen LogP contribution < -0.4 is 0 Å². The van der Waals surface area contributed by atoms with Crippen LogP contribution in [0, 0.1) is 5.82 Å². The number of carbonyl (C=O) groups is 1. The summed E-state index contributed by atoms with van der Waals surface area (Å²) >= 11 is 0. The molecule has 6 heteroatoms. The molecule has 0 saturated heterocycles. The van der Waals surface area contributed by atoms with Crippen LogP contribution in [0.5, 0.6) is 0 Å². The predicted octanol–water partition coefficient (Wildman–Crippen LogP) is 3.21. The minimum Gasteiger partial charge on any atom is -0.331 e. The summed E-state index contributed by atoms with van der Waals surface area (Å²) < 4.78 is 15.2. The smallest absolute Gasteiger partial charge is 0.255 e. The van der Waals surface area contributed by atoms with E-state index in [0.29, 0.717) is 17.9 Å². The fourth-order valence-corrected chi connectivity index (χ4v) is 2.81. The van der Waals surface area contributed by atoms with E-state index < -0.39 is 0 Å². The second-order valence-electron chi connectivity index (χ2n) is 6.17. The Kier molecular flexibility index (Phi) is 4.01. The van der Waals surface area contributed by atoms with E-state index in [-0.39, 0.29) is 17.8 Å². The highest BCUT2D eigenvalue weighted by atomic mass is 19.1. The Morgan fingerprint density at radius 3 is 2.80 bits per heavy atom. The van der Waals surface area contributed by atoms with E-state index in [0.717, 1.165) is 18.4 Å². The molecule has 0 unspecified atom stereocenters. The number of benzene rings is 1. The standard InChI is InChI=1S/C19H17FN4O/c20-16-3-1-2-14(10-16)12-24(17-5-6-17)19(25)15-4-7-18(22-11-15)23-9-8-21-13-23/h1-4,7-11,13,17H,5-6,12H2. The lowest BCUT2D eigenvalue weighted by Crippen LogP contribution is -2.32. The summed E-state index contributed by atoms with van der Waals surface area (Å²) in [5.74, 6) is 0.348. The number of carbonyl (C=O) groups excluding carboxylic acids is 1. The largest absolute Gasteiger partial charge is 0.331 e. The van der Waals surface area contributed by atoms with Crippen LogP contribution in [0.3, 0.4) is 0 Å². The van der Waals surface area contributed by atoms with Gasteiger partial charge in [0, 0.05) is 31.2 Å². The lowest BCUT2D eigenvalue weighted by Gasteiger charge is -2.22. The molecule has 1 amide bonds. The highest BCUT2D eigenvalue weighted by Crippen LogP contribution is 2.30. The Bertz CT molecular complexity index is 873. The van der Waals surface area contributed by atoms with Crippen molar-refractivity contribution in [3.8, 4) is 5.82 Å². The molecule has 5 nitrogen and oxygen atoms in total. The maximum atomic E-state index is 13.4. The first-order valence-electron chi connectivity index (χ1n) is 8.20. The van der Waals surface area contributed by atoms with E-state index in [2.05, 4.69) is 9.97 Å². The summed E-state index contributed by atoms with van der Waals surface area (Å²) in [7, 11) is 0. The van der Waals surface area contributed by atoms with Gasteiger partial charge in [0.2, 0.25) is 0 Å². The highest BCUT2D eigenvalue weighted by Gasteiger charge is 2.33. The van der Waals surface area contributed by atoms with Crippen LogP contribution in [0.25, 0.3) is 5.82 Å². The zero-order chi connectivity index (χ0) is 17.2. The van der Waals surface area contributed by atoms with Gasteiger partial charge in [-0.1, -0.05) is 12.1 Å². The summed E-state index contributed by atoms with van der Waals surface area (Å²) in [6, 6.07) is 10.2. The van der Waals surface area contributed by atoms with Gasteiger partial charge in [0.1, 0.15) is 18.0 Å². The number of hydrogen-bond acceptors (Lipinski definition) is 3. The minimum absolute atomic E-state index is 0.0727. The highest BCUT2D eigenvalue weighted by molar-refractivity contribution is 5.94. The van der Waals surface area contributed by atoms with E-state index >= 15 is 0 Å². The molecule has 0 spiro atoms. The number of amides is 1. The lowest BCUT2D eigenvalue weighted by atomic mass is 10.1. The molecule has 0 bridgehead atoms. The van der Waals surface area contributed by atoms with Gasteiger partial charge in [-0.3, -0.25) is 9.36 Å². The zero-order valence-electron chi connectivity index (χ0n) is 13.5. The molecule has 0 N–H and O–H groups in total. The van der Waals surface area contributed by atoms with Crippen LogP contribution in [0.2, 0.25) is 0 Å². The van der Waals surface area contributed by atoms with Gasteiger partial charge in [-0.05, 0) is 42.7 Å². The van der Waals surface area contributed by atoms with E-state index in [1.165, 1.54) is 12.1 Å². The number of rotatable bonds is 5. The monoisotopic (exact) mass is 336 g/mol. The van der Waals surface area contributed by atoms with Gasteiger partial charge in [0.05, 0.1) is 5.56 Å². The van der Waals surface area contributed by atoms with Crippen LogP contribution in [0.1, 0.15) is 28.8 Å². The topological polar surface area (TPSA) is 51.0 Å². The van der Waals surface area contributed by atoms with Gasteiger partial charge in [-0.15, -0.1) is 0 Å². The summed E-state index contributed by atoms with van der Waals surface area (Å²) in [5.41, 5.74) is 1.33. The molecular formula is C19H17FN4O. The molecule has 126 valence electrons. The van der Waals surface area contributed by atoms with Crippen molar-refractivity contribution in [3.63, 3.8) is 0 Å². The van der Waals surface area contributed by atoms with Gasteiger partial charge in [-0.25, -0.2) is 14.4 Å². The van der Waals surface area contributed by atoms with Crippen LogP contribution in [-0.2, 0) is 6.54 Å². The fraction of sp³-hybridized carbons (Fsp3) is 0.211. The Labute approximate surface area is 144 Å². The van der Waals surface area contributed by atoms with Crippen molar-refractivity contribution in [2.75, 3.05) is 0 Å². The molecule has 2 aromatic heterocycles. The van der Waals surface area contributed by atoms with Gasteiger partial charge < -0.3 is 4.90 Å². The Morgan fingerprint density at radius 2 is 2.16 bits per heavy atom. The second kappa shape index (κ2) is 6.47. The molecule has 0 radical (unpaired) electrons. The van der Waals surface area contributed by atoms with Crippen LogP contribution >= 0.6 is 0 Å². The van der Waals surface area contributed by atoms with Crippen LogP contribution in [0.4, 0.5) is 4.39 Å². The number of halogens is 1. The number of imidazole rings is 1. The first-order chi connectivity index (χ1) is 12.2. The molecule has 0 aliphatic heterocycles. The Morgan fingerprint density at radius 1 is 1.28 bits per heavy atom. The zero-order valence-corrected chi connectivity index (χ0v) is 13.5. The summed E-state index contributed by atoms with van der Waals surface area (Å²) in [6.45, 7) is 0.407. The number of pyridine rings is 1. The van der Waals surface area contributed by atoms with Crippen LogP contribution in [-0.4, -0.2) is 31.4 Å². The van der Waals surface area contributed by atoms with E-state index in [9.17, 15) is 9.18 Å². The third kappa shape index (κ3) is 3.42. The SMILES string of the molecule is O=C(c1ccc(-n2ccnc2)nc1)N(Cc1cccc(F)c1)C1CC1. The number of hydrogen-bond donors (Lipinski definition) is 0. The molecule has 1 fully saturated rings. The second-order valence-corrected chi connectivity index (χ2v) is 6.17. The lowest BCUT2D eigenvalue weighted by molar-refractivity contribution is 0.0729. The number of aromatic nitrogens is 3. The van der Waals surface area contributed by atoms with Crippen molar-refractivity contribution in [3.05, 3.63) is 78.3 Å². The van der Waals surface area contributed by atoms with Gasteiger partial charge in [-0.2, -0.15) is 0 Å². The summed E-state index contributed by atoms with van der Waals surface area (Å²) in [5, 5.41) is 0. The molecule has 1 aliphatic carbocycles. The molecule has 0 atom stereocenters. The van der Waals surface area contributed by atoms with Crippen molar-refractivity contribution in [1.29, 1.82) is 0 Å². The third-order valence-electron chi connectivity index (χ3n) is 4.25. The van der Waals surface area contributed by atoms with Crippen molar-refractivity contribution < 1.29 is 9.18 Å². The fourth-order valence-electron chi connectivity index (χ4n) is 2.81. The molecule has 25 heavy (non-hydrogen) atoms. The van der Waals surface area contributed by atoms with Crippen molar-refractivity contribution in [2.45, 2.75) is 25.4 Å². The van der Waals surface area contributed by atoms with Gasteiger partial charge in [0.25, 0.3) is 5.91 Å². The Hall–Kier alpha value is -3.02. The van der Waals surface area contributed by atoms with E-state index in [1.54, 1.807) is 47.7 Å². The van der Waals surface area contributed by atoms with Gasteiger partial charge in [0.15, 0.2) is 0 Å². The molecule has 4 rings (SSSR count). The molecule has 1 saturated carbocycles. The maximum Gasteiger partial charge on any atom is 0.255 e. The normalized spacial score (nSPS) is 13.6. The van der Waals surface area contributed by atoms with E-state index in [1.807, 2.05) is 11.0 Å². The Balaban J connectivity index is 1.54. The maximum absolute atomic E-state index is 13.4. The van der Waals surface area contributed by atoms with Crippen LogP contribution in [0.15, 0.2) is 61.3 Å². The molecule has 3 aromatic rings. The predicted molar refractivity (Wildman–Crippen MR) is 90.7 cm³/mol. The summed E-state index contributed by atoms with van der Waals surface area (Å²) in [6.07, 6.45) is 8.69. The third-order valence-corrected chi connectivity index (χ3v) is 4.25. The number of nitrogens with zero attached hydrogens (tertiary/aromatic N) is 4. The van der Waals surface area contributed by atoms with E-state index in [4.69, 9.17) is 0 Å². The quantitative estimate of drug-likeness (QED) is 0.719. The summed E-state index contributed by atoms with van der Waals surface area (Å²) in [4.78, 5) is 23.0. The molecular weight excluding hydrogens is 319 g/mol. The van der Waals surface area contributed by atoms with Crippen molar-refractivity contribution in [2.24, 2.45) is 0 Å².